The number of rotatable bonds is 21. The number of halogens is 1. The number of unbranched alkanes of at least 4 members (excludes halogenated alkanes) is 3. The molecule has 6 atom stereocenters. The van der Waals surface area contributed by atoms with Crippen molar-refractivity contribution in [1.29, 1.82) is 0 Å². The van der Waals surface area contributed by atoms with Crippen molar-refractivity contribution in [3.63, 3.8) is 0 Å². The number of carbonyl (C=O) groups is 5. The van der Waals surface area contributed by atoms with E-state index in [1.54, 1.807) is 11.3 Å². The summed E-state index contributed by atoms with van der Waals surface area (Å²) < 4.78 is 0. The lowest BCUT2D eigenvalue weighted by Gasteiger charge is -2.38. The van der Waals surface area contributed by atoms with Crippen LogP contribution in [0.2, 0.25) is 5.02 Å². The number of amides is 3. The molecule has 7 rings (SSSR count). The summed E-state index contributed by atoms with van der Waals surface area (Å²) in [5.41, 5.74) is 6.81. The van der Waals surface area contributed by atoms with Gasteiger partial charge in [0.15, 0.2) is 0 Å². The Labute approximate surface area is 421 Å². The van der Waals surface area contributed by atoms with Crippen LogP contribution in [0.1, 0.15) is 151 Å². The molecule has 1 aliphatic carbocycles. The molecule has 70 heavy (non-hydrogen) atoms. The lowest BCUT2D eigenvalue weighted by atomic mass is 9.76. The number of Topliss-reactive ketones (excluding diaryl/α,β-unsaturated/α-hetero) is 2. The van der Waals surface area contributed by atoms with E-state index in [-0.39, 0.29) is 67.1 Å². The van der Waals surface area contributed by atoms with Gasteiger partial charge in [-0.25, -0.2) is 15.0 Å². The van der Waals surface area contributed by atoms with E-state index in [2.05, 4.69) is 32.1 Å². The monoisotopic (exact) mass is 995 g/mol. The number of hydrogen-bond acceptors (Lipinski definition) is 12. The number of likely N-dealkylation sites (tertiary alicyclic amines) is 1. The molecule has 2 aromatic heterocycles. The average molecular weight is 997 g/mol. The zero-order chi connectivity index (χ0) is 50.1. The van der Waals surface area contributed by atoms with Gasteiger partial charge in [-0.1, -0.05) is 88.5 Å². The highest BCUT2D eigenvalue weighted by Crippen LogP contribution is 2.43. The van der Waals surface area contributed by atoms with Crippen molar-refractivity contribution in [2.24, 2.45) is 11.3 Å². The van der Waals surface area contributed by atoms with E-state index in [0.717, 1.165) is 38.6 Å². The molecule has 4 aromatic rings. The second-order valence-corrected chi connectivity index (χ2v) is 21.9. The molecule has 3 aliphatic rings. The average Bonchev–Trinajstić information content (AvgIpc) is 4.04. The largest absolute Gasteiger partial charge is 0.391 e. The summed E-state index contributed by atoms with van der Waals surface area (Å²) >= 11 is 7.80. The standard InChI is InChI=1S/C54H70ClN7O7S/c1-34-27-46(66)48-47(34)50(58-32-57-48)60-23-25-61(26-24-60)52(68)43(37-19-21-39(55)22-20-37)14-10-9-12-40(63)11-7-6-8-13-41(64)28-44(54(3,4)5)53(69)62-31-42(65)29-45(62)51(67)56-30-36-15-17-38(18-16-36)49-35(2)59-33-70-49/h15-22,32-34,42-46,65-66H,6-14,23-31H2,1-5H3,(H,56,67)/t34-,42-,43-,44-,45+,46-/m1/s1. The number of benzene rings is 2. The fourth-order valence-corrected chi connectivity index (χ4v) is 11.3. The van der Waals surface area contributed by atoms with Crippen LogP contribution in [0.5, 0.6) is 0 Å². The van der Waals surface area contributed by atoms with Crippen molar-refractivity contribution in [2.75, 3.05) is 37.6 Å². The number of piperazine rings is 1. The second kappa shape index (κ2) is 23.9. The number of aromatic nitrogens is 3. The number of nitrogens with zero attached hydrogens (tertiary/aromatic N) is 6. The van der Waals surface area contributed by atoms with Gasteiger partial charge in [-0.2, -0.15) is 0 Å². The van der Waals surface area contributed by atoms with Gasteiger partial charge in [-0.15, -0.1) is 11.3 Å². The molecule has 3 amide bonds. The summed E-state index contributed by atoms with van der Waals surface area (Å²) in [7, 11) is 0. The van der Waals surface area contributed by atoms with Crippen molar-refractivity contribution < 1.29 is 34.2 Å². The van der Waals surface area contributed by atoms with Crippen molar-refractivity contribution in [3.05, 3.63) is 93.5 Å². The van der Waals surface area contributed by atoms with Crippen molar-refractivity contribution in [2.45, 2.75) is 148 Å². The number of fused-ring (bicyclic) bond motifs is 1. The van der Waals surface area contributed by atoms with Crippen LogP contribution in [0, 0.1) is 18.3 Å². The fraction of sp³-hybridized carbons (Fsp3) is 0.556. The number of anilines is 1. The quantitative estimate of drug-likeness (QED) is 0.0680. The van der Waals surface area contributed by atoms with E-state index in [1.165, 1.54) is 11.2 Å². The van der Waals surface area contributed by atoms with Crippen LogP contribution in [0.15, 0.2) is 60.4 Å². The van der Waals surface area contributed by atoms with E-state index in [4.69, 9.17) is 11.6 Å². The number of aliphatic hydroxyl groups is 2. The second-order valence-electron chi connectivity index (χ2n) is 20.6. The maximum Gasteiger partial charge on any atom is 0.243 e. The molecule has 0 saturated carbocycles. The Morgan fingerprint density at radius 2 is 1.50 bits per heavy atom. The Kier molecular flexibility index (Phi) is 18.0. The summed E-state index contributed by atoms with van der Waals surface area (Å²) in [6, 6.07) is 14.5. The third-order valence-electron chi connectivity index (χ3n) is 14.4. The van der Waals surface area contributed by atoms with Gasteiger partial charge < -0.3 is 30.2 Å². The van der Waals surface area contributed by atoms with Gasteiger partial charge in [0.2, 0.25) is 17.7 Å². The van der Waals surface area contributed by atoms with Crippen LogP contribution >= 0.6 is 22.9 Å². The van der Waals surface area contributed by atoms with Crippen LogP contribution in [0.4, 0.5) is 5.82 Å². The van der Waals surface area contributed by atoms with Crippen LogP contribution in [-0.4, -0.2) is 109 Å². The normalized spacial score (nSPS) is 20.0. The first-order valence-corrected chi connectivity index (χ1v) is 26.3. The van der Waals surface area contributed by atoms with Crippen LogP contribution in [0.25, 0.3) is 10.4 Å². The molecule has 0 bridgehead atoms. The van der Waals surface area contributed by atoms with Crippen molar-refractivity contribution in [1.82, 2.24) is 30.1 Å². The summed E-state index contributed by atoms with van der Waals surface area (Å²) in [5, 5.41) is 24.7. The van der Waals surface area contributed by atoms with Crippen LogP contribution < -0.4 is 10.2 Å². The molecule has 4 heterocycles. The molecule has 3 N–H and O–H groups in total. The SMILES string of the molecule is Cc1ncsc1-c1ccc(CNC(=O)[C@@H]2C[C@@H](O)CN2C(=O)[C@@H](CC(=O)CCCCCC(=O)CCCC[C@@H](C(=O)N2CCN(c3ncnc4c3[C@H](C)C[C@H]4O)CC2)c2ccc(Cl)cc2)C(C)(C)C)cc1. The topological polar surface area (TPSA) is 186 Å². The van der Waals surface area contributed by atoms with Gasteiger partial charge >= 0.3 is 0 Å². The highest BCUT2D eigenvalue weighted by Gasteiger charge is 2.44. The number of hydrogen-bond donors (Lipinski definition) is 3. The lowest BCUT2D eigenvalue weighted by molar-refractivity contribution is -0.146. The van der Waals surface area contributed by atoms with Gasteiger partial charge in [0, 0.05) is 87.9 Å². The fourth-order valence-electron chi connectivity index (χ4n) is 10.3. The van der Waals surface area contributed by atoms with E-state index in [0.29, 0.717) is 101 Å². The summed E-state index contributed by atoms with van der Waals surface area (Å²) in [6.07, 6.45) is 6.04. The predicted molar refractivity (Wildman–Crippen MR) is 272 cm³/mol. The minimum Gasteiger partial charge on any atom is -0.391 e. The molecule has 14 nitrogen and oxygen atoms in total. The van der Waals surface area contributed by atoms with E-state index in [9.17, 15) is 34.2 Å². The summed E-state index contributed by atoms with van der Waals surface area (Å²) in [4.78, 5) is 88.1. The number of ketones is 2. The van der Waals surface area contributed by atoms with Crippen LogP contribution in [-0.2, 0) is 30.5 Å². The molecular formula is C54H70ClN7O7S. The smallest absolute Gasteiger partial charge is 0.243 e. The number of carbonyl (C=O) groups excluding carboxylic acids is 5. The van der Waals surface area contributed by atoms with Gasteiger partial charge in [0.1, 0.15) is 29.8 Å². The number of aliphatic hydroxyl groups excluding tert-OH is 2. The third-order valence-corrected chi connectivity index (χ3v) is 15.6. The minimum absolute atomic E-state index is 0.0340. The van der Waals surface area contributed by atoms with Gasteiger partial charge in [0.05, 0.1) is 39.9 Å². The van der Waals surface area contributed by atoms with Gasteiger partial charge in [0.25, 0.3) is 0 Å². The molecular weight excluding hydrogens is 926 g/mol. The van der Waals surface area contributed by atoms with E-state index < -0.39 is 29.6 Å². The molecule has 2 aliphatic heterocycles. The first-order valence-electron chi connectivity index (χ1n) is 25.1. The predicted octanol–water partition coefficient (Wildman–Crippen LogP) is 8.51. The molecule has 2 aromatic carbocycles. The zero-order valence-corrected chi connectivity index (χ0v) is 42.9. The highest BCUT2D eigenvalue weighted by atomic mass is 35.5. The van der Waals surface area contributed by atoms with E-state index in [1.807, 2.05) is 86.6 Å². The number of nitrogens with one attached hydrogen (secondary N) is 1. The molecule has 16 heteroatoms. The zero-order valence-electron chi connectivity index (χ0n) is 41.4. The molecule has 0 spiro atoms. The molecule has 0 unspecified atom stereocenters. The Bertz CT molecular complexity index is 2450. The summed E-state index contributed by atoms with van der Waals surface area (Å²) in [5.74, 6) is -0.445. The Balaban J connectivity index is 0.819. The molecule has 0 radical (unpaired) electrons. The Morgan fingerprint density at radius 1 is 0.829 bits per heavy atom. The van der Waals surface area contributed by atoms with Crippen LogP contribution in [0.3, 0.4) is 0 Å². The number of β-amino-alcohol motifs (C(OH)–C–C–N with tert-alkyl or cyclic N) is 1. The minimum atomic E-state index is -0.839. The number of thiazole rings is 1. The third kappa shape index (κ3) is 13.2. The molecule has 376 valence electrons. The van der Waals surface area contributed by atoms with Gasteiger partial charge in [-0.3, -0.25) is 24.0 Å². The number of aryl methyl sites for hydroxylation is 1. The maximum absolute atomic E-state index is 14.1. The first kappa shape index (κ1) is 52.7. The van der Waals surface area contributed by atoms with Crippen molar-refractivity contribution >= 4 is 58.0 Å². The van der Waals surface area contributed by atoms with Crippen molar-refractivity contribution in [3.8, 4) is 10.4 Å². The Morgan fingerprint density at radius 3 is 2.16 bits per heavy atom. The first-order chi connectivity index (χ1) is 33.5. The maximum atomic E-state index is 14.1. The lowest BCUT2D eigenvalue weighted by Crippen LogP contribution is -2.50. The van der Waals surface area contributed by atoms with Gasteiger partial charge in [-0.05, 0) is 79.2 Å². The van der Waals surface area contributed by atoms with E-state index >= 15 is 0 Å². The molecule has 2 saturated heterocycles. The highest BCUT2D eigenvalue weighted by molar-refractivity contribution is 7.13. The Hall–Kier alpha value is -5.09. The molecule has 2 fully saturated rings. The summed E-state index contributed by atoms with van der Waals surface area (Å²) in [6.45, 7) is 12.5.